The summed E-state index contributed by atoms with van der Waals surface area (Å²) in [4.78, 5) is 44.1. The lowest BCUT2D eigenvalue weighted by Crippen LogP contribution is -2.50. The van der Waals surface area contributed by atoms with Gasteiger partial charge in [-0.15, -0.1) is 0 Å². The van der Waals surface area contributed by atoms with Gasteiger partial charge in [0.2, 0.25) is 5.91 Å². The van der Waals surface area contributed by atoms with Gasteiger partial charge in [-0.1, -0.05) is 26.0 Å². The smallest absolute Gasteiger partial charge is 0.262 e. The molecule has 2 heterocycles. The number of aromatic nitrogens is 2. The Balaban J connectivity index is 1.45. The van der Waals surface area contributed by atoms with Crippen LogP contribution in [-0.2, 0) is 18.4 Å². The summed E-state index contributed by atoms with van der Waals surface area (Å²) in [6.07, 6.45) is 3.55. The van der Waals surface area contributed by atoms with Crippen molar-refractivity contribution in [3.8, 4) is 5.75 Å². The first-order chi connectivity index (χ1) is 15.4. The maximum Gasteiger partial charge on any atom is 0.262 e. The average Bonchev–Trinajstić information content (AvgIpc) is 3.29. The van der Waals surface area contributed by atoms with E-state index >= 15 is 0 Å². The van der Waals surface area contributed by atoms with Crippen molar-refractivity contribution in [3.63, 3.8) is 0 Å². The third-order valence-corrected chi connectivity index (χ3v) is 5.41. The van der Waals surface area contributed by atoms with E-state index in [0.29, 0.717) is 29.2 Å². The SMILES string of the molecule is CC(C)C(C(=O)Nc1ccc(OCc2nccn2C)cc1)N1C(=O)c2ccccc2C1=O. The van der Waals surface area contributed by atoms with Gasteiger partial charge in [-0.25, -0.2) is 4.98 Å². The summed E-state index contributed by atoms with van der Waals surface area (Å²) in [6, 6.07) is 12.6. The molecule has 0 aliphatic carbocycles. The molecule has 0 saturated heterocycles. The minimum atomic E-state index is -0.929. The molecule has 1 atom stereocenters. The molecule has 0 fully saturated rings. The van der Waals surface area contributed by atoms with E-state index in [1.807, 2.05) is 31.7 Å². The third kappa shape index (κ3) is 3.99. The fourth-order valence-corrected chi connectivity index (χ4v) is 3.71. The van der Waals surface area contributed by atoms with Gasteiger partial charge in [0.05, 0.1) is 11.1 Å². The van der Waals surface area contributed by atoms with Gasteiger partial charge in [-0.05, 0) is 42.3 Å². The molecule has 1 aliphatic rings. The summed E-state index contributed by atoms with van der Waals surface area (Å²) in [5.41, 5.74) is 1.19. The largest absolute Gasteiger partial charge is 0.486 e. The molecule has 3 aromatic rings. The molecule has 8 nitrogen and oxygen atoms in total. The summed E-state index contributed by atoms with van der Waals surface area (Å²) in [7, 11) is 1.89. The predicted molar refractivity (Wildman–Crippen MR) is 118 cm³/mol. The molecule has 164 valence electrons. The number of amides is 3. The monoisotopic (exact) mass is 432 g/mol. The van der Waals surface area contributed by atoms with Crippen LogP contribution in [0, 0.1) is 5.92 Å². The van der Waals surface area contributed by atoms with Crippen LogP contribution in [0.5, 0.6) is 5.75 Å². The number of imide groups is 1. The van der Waals surface area contributed by atoms with Crippen LogP contribution in [-0.4, -0.2) is 38.2 Å². The number of nitrogens with zero attached hydrogens (tertiary/aromatic N) is 3. The Morgan fingerprint density at radius 3 is 2.19 bits per heavy atom. The second-order valence-electron chi connectivity index (χ2n) is 7.97. The van der Waals surface area contributed by atoms with E-state index in [0.717, 1.165) is 10.7 Å². The van der Waals surface area contributed by atoms with Crippen molar-refractivity contribution in [1.82, 2.24) is 14.5 Å². The van der Waals surface area contributed by atoms with Crippen molar-refractivity contribution < 1.29 is 19.1 Å². The highest BCUT2D eigenvalue weighted by Crippen LogP contribution is 2.28. The molecular weight excluding hydrogens is 408 g/mol. The Morgan fingerprint density at radius 2 is 1.66 bits per heavy atom. The zero-order valence-corrected chi connectivity index (χ0v) is 18.1. The zero-order valence-electron chi connectivity index (χ0n) is 18.1. The second kappa shape index (κ2) is 8.66. The highest BCUT2D eigenvalue weighted by Gasteiger charge is 2.43. The molecule has 32 heavy (non-hydrogen) atoms. The first-order valence-electron chi connectivity index (χ1n) is 10.3. The quantitative estimate of drug-likeness (QED) is 0.579. The lowest BCUT2D eigenvalue weighted by Gasteiger charge is -2.28. The summed E-state index contributed by atoms with van der Waals surface area (Å²) >= 11 is 0. The first kappa shape index (κ1) is 21.3. The number of hydrogen-bond acceptors (Lipinski definition) is 5. The number of benzene rings is 2. The van der Waals surface area contributed by atoms with Gasteiger partial charge >= 0.3 is 0 Å². The van der Waals surface area contributed by atoms with Gasteiger partial charge in [0.1, 0.15) is 24.2 Å². The van der Waals surface area contributed by atoms with Crippen LogP contribution in [0.2, 0.25) is 0 Å². The molecule has 2 aromatic carbocycles. The van der Waals surface area contributed by atoms with Gasteiger partial charge < -0.3 is 14.6 Å². The molecule has 3 amide bonds. The summed E-state index contributed by atoms with van der Waals surface area (Å²) in [5, 5.41) is 2.82. The van der Waals surface area contributed by atoms with E-state index in [2.05, 4.69) is 10.3 Å². The number of fused-ring (bicyclic) bond motifs is 1. The van der Waals surface area contributed by atoms with Gasteiger partial charge in [0.25, 0.3) is 11.8 Å². The standard InChI is InChI=1S/C24H24N4O4/c1-15(2)21(28-23(30)18-6-4-5-7-19(18)24(28)31)22(29)26-16-8-10-17(11-9-16)32-14-20-25-12-13-27(20)3/h4-13,15,21H,14H2,1-3H3,(H,26,29). The van der Waals surface area contributed by atoms with E-state index in [-0.39, 0.29) is 5.92 Å². The molecular formula is C24H24N4O4. The Morgan fingerprint density at radius 1 is 1.03 bits per heavy atom. The second-order valence-corrected chi connectivity index (χ2v) is 7.97. The van der Waals surface area contributed by atoms with E-state index in [4.69, 9.17) is 4.74 Å². The summed E-state index contributed by atoms with van der Waals surface area (Å²) in [6.45, 7) is 3.94. The summed E-state index contributed by atoms with van der Waals surface area (Å²) < 4.78 is 7.60. The molecule has 1 aromatic heterocycles. The highest BCUT2D eigenvalue weighted by molar-refractivity contribution is 6.23. The van der Waals surface area contributed by atoms with E-state index in [1.165, 1.54) is 0 Å². The van der Waals surface area contributed by atoms with Gasteiger partial charge in [0.15, 0.2) is 0 Å². The van der Waals surface area contributed by atoms with Crippen molar-refractivity contribution in [1.29, 1.82) is 0 Å². The maximum absolute atomic E-state index is 13.1. The highest BCUT2D eigenvalue weighted by atomic mass is 16.5. The molecule has 0 radical (unpaired) electrons. The van der Waals surface area contributed by atoms with Gasteiger partial charge in [-0.3, -0.25) is 19.3 Å². The number of imidazole rings is 1. The molecule has 4 rings (SSSR count). The lowest BCUT2D eigenvalue weighted by atomic mass is 10.0. The summed E-state index contributed by atoms with van der Waals surface area (Å²) in [5.74, 6) is -0.154. The van der Waals surface area contributed by atoms with Crippen molar-refractivity contribution in [2.24, 2.45) is 13.0 Å². The minimum Gasteiger partial charge on any atom is -0.486 e. The maximum atomic E-state index is 13.1. The topological polar surface area (TPSA) is 93.5 Å². The Bertz CT molecular complexity index is 1130. The minimum absolute atomic E-state index is 0.266. The van der Waals surface area contributed by atoms with E-state index < -0.39 is 23.8 Å². The van der Waals surface area contributed by atoms with Crippen LogP contribution < -0.4 is 10.1 Å². The number of anilines is 1. The molecule has 0 spiro atoms. The number of rotatable bonds is 7. The Hall–Kier alpha value is -3.94. The fourth-order valence-electron chi connectivity index (χ4n) is 3.71. The van der Waals surface area contributed by atoms with Crippen molar-refractivity contribution in [2.75, 3.05) is 5.32 Å². The number of ether oxygens (including phenoxy) is 1. The average molecular weight is 432 g/mol. The van der Waals surface area contributed by atoms with Gasteiger partial charge in [0, 0.05) is 25.1 Å². The number of aryl methyl sites for hydroxylation is 1. The first-order valence-corrected chi connectivity index (χ1v) is 10.3. The van der Waals surface area contributed by atoms with E-state index in [1.54, 1.807) is 54.7 Å². The lowest BCUT2D eigenvalue weighted by molar-refractivity contribution is -0.121. The molecule has 8 heteroatoms. The zero-order chi connectivity index (χ0) is 22.8. The van der Waals surface area contributed by atoms with E-state index in [9.17, 15) is 14.4 Å². The van der Waals surface area contributed by atoms with Crippen LogP contribution in [0.25, 0.3) is 0 Å². The number of hydrogen-bond donors (Lipinski definition) is 1. The fraction of sp³-hybridized carbons (Fsp3) is 0.250. The third-order valence-electron chi connectivity index (χ3n) is 5.41. The predicted octanol–water partition coefficient (Wildman–Crippen LogP) is 3.26. The number of nitrogens with one attached hydrogen (secondary N) is 1. The normalized spacial score (nSPS) is 13.9. The van der Waals surface area contributed by atoms with Crippen LogP contribution in [0.1, 0.15) is 40.4 Å². The molecule has 1 N–H and O–H groups in total. The van der Waals surface area contributed by atoms with Crippen LogP contribution >= 0.6 is 0 Å². The molecule has 0 saturated carbocycles. The van der Waals surface area contributed by atoms with Crippen LogP contribution in [0.3, 0.4) is 0 Å². The van der Waals surface area contributed by atoms with Crippen molar-refractivity contribution in [3.05, 3.63) is 77.9 Å². The molecule has 0 bridgehead atoms. The van der Waals surface area contributed by atoms with Crippen LogP contribution in [0.4, 0.5) is 5.69 Å². The molecule has 1 unspecified atom stereocenters. The number of carbonyl (C=O) groups excluding carboxylic acids is 3. The van der Waals surface area contributed by atoms with Crippen molar-refractivity contribution >= 4 is 23.4 Å². The van der Waals surface area contributed by atoms with Gasteiger partial charge in [-0.2, -0.15) is 0 Å². The number of carbonyl (C=O) groups is 3. The van der Waals surface area contributed by atoms with Crippen LogP contribution in [0.15, 0.2) is 60.9 Å². The Labute approximate surface area is 185 Å². The molecule has 1 aliphatic heterocycles. The van der Waals surface area contributed by atoms with Crippen molar-refractivity contribution in [2.45, 2.75) is 26.5 Å². The Kier molecular flexibility index (Phi) is 5.77.